The normalized spacial score (nSPS) is 15.8. The van der Waals surface area contributed by atoms with Gasteiger partial charge in [-0.05, 0) is 117 Å². The Bertz CT molecular complexity index is 3130. The van der Waals surface area contributed by atoms with Crippen molar-refractivity contribution in [1.29, 1.82) is 0 Å². The van der Waals surface area contributed by atoms with E-state index < -0.39 is 27.9 Å². The SMILES string of the molecule is COC(=O)c1ccc2c(C3CCCCC3)c(Br)n(CCN3C(=O)c4ccccc4C3=O)c2c1.COC(=O)c1ccc2c(C3CCCCC3)c(Br)n(CCOS(C)(=O)=O)c2c1.O=C1[N-]C(=O)c2ccccc21.[K+]. The van der Waals surface area contributed by atoms with Gasteiger partial charge in [-0.25, -0.2) is 9.59 Å². The molecule has 4 heterocycles. The van der Waals surface area contributed by atoms with E-state index in [-0.39, 0.29) is 82.3 Å². The summed E-state index contributed by atoms with van der Waals surface area (Å²) >= 11 is 7.57. The average Bonchev–Trinajstić information content (AvgIpc) is 4.03. The van der Waals surface area contributed by atoms with Gasteiger partial charge in [-0.1, -0.05) is 87.1 Å². The summed E-state index contributed by atoms with van der Waals surface area (Å²) in [7, 11) is -0.774. The Hall–Kier alpha value is -4.31. The van der Waals surface area contributed by atoms with Crippen LogP contribution in [0.1, 0.15) is 149 Å². The van der Waals surface area contributed by atoms with Gasteiger partial charge in [0.25, 0.3) is 21.9 Å². The Balaban J connectivity index is 0.000000175. The van der Waals surface area contributed by atoms with Crippen molar-refractivity contribution in [1.82, 2.24) is 14.0 Å². The van der Waals surface area contributed by atoms with Gasteiger partial charge in [0.05, 0.1) is 81.4 Å². The summed E-state index contributed by atoms with van der Waals surface area (Å²) < 4.78 is 43.3. The van der Waals surface area contributed by atoms with E-state index >= 15 is 0 Å². The molecule has 4 aliphatic rings. The van der Waals surface area contributed by atoms with Gasteiger partial charge in [0.1, 0.15) is 0 Å². The predicted octanol–water partition coefficient (Wildman–Crippen LogP) is 8.11. The first-order valence-electron chi connectivity index (χ1n) is 23.6. The first-order chi connectivity index (χ1) is 34.1. The number of hydrogen-bond acceptors (Lipinski definition) is 11. The number of nitrogens with zero attached hydrogens (tertiary/aromatic N) is 4. The summed E-state index contributed by atoms with van der Waals surface area (Å²) in [5.41, 5.74) is 6.95. The van der Waals surface area contributed by atoms with Crippen LogP contribution >= 0.6 is 31.9 Å². The quantitative estimate of drug-likeness (QED) is 0.0527. The van der Waals surface area contributed by atoms with Crippen molar-refractivity contribution in [3.05, 3.63) is 144 Å². The number of amides is 4. The molecule has 2 aromatic heterocycles. The summed E-state index contributed by atoms with van der Waals surface area (Å²) in [5.74, 6) is -1.25. The van der Waals surface area contributed by atoms with Gasteiger partial charge < -0.3 is 33.5 Å². The third-order valence-corrected chi connectivity index (χ3v) is 15.9. The summed E-state index contributed by atoms with van der Waals surface area (Å²) in [6.07, 6.45) is 12.9. The molecule has 0 bridgehead atoms. The summed E-state index contributed by atoms with van der Waals surface area (Å²) in [5, 5.41) is 5.46. The van der Waals surface area contributed by atoms with E-state index in [4.69, 9.17) is 13.7 Å². The van der Waals surface area contributed by atoms with Crippen molar-refractivity contribution in [3.8, 4) is 0 Å². The van der Waals surface area contributed by atoms with Crippen LogP contribution in [0, 0.1) is 0 Å². The molecule has 4 amide bonds. The van der Waals surface area contributed by atoms with Crippen LogP contribution in [-0.4, -0.2) is 91.6 Å². The number of ether oxygens (including phenoxy) is 2. The van der Waals surface area contributed by atoms with Crippen LogP contribution in [0.3, 0.4) is 0 Å². The van der Waals surface area contributed by atoms with Crippen LogP contribution in [0.2, 0.25) is 0 Å². The smallest absolute Gasteiger partial charge is 0.587 e. The molecule has 15 nitrogen and oxygen atoms in total. The molecule has 0 atom stereocenters. The maximum absolute atomic E-state index is 12.8. The fourth-order valence-electron chi connectivity index (χ4n) is 10.2. The van der Waals surface area contributed by atoms with Gasteiger partial charge in [-0.15, -0.1) is 0 Å². The first-order valence-corrected chi connectivity index (χ1v) is 27.0. The van der Waals surface area contributed by atoms with Crippen molar-refractivity contribution in [3.63, 3.8) is 0 Å². The Labute approximate surface area is 477 Å². The number of esters is 2. The number of aromatic nitrogens is 2. The van der Waals surface area contributed by atoms with Crippen LogP contribution < -0.4 is 51.4 Å². The van der Waals surface area contributed by atoms with Gasteiger partial charge >= 0.3 is 63.3 Å². The zero-order valence-electron chi connectivity index (χ0n) is 40.6. The van der Waals surface area contributed by atoms with E-state index in [1.54, 1.807) is 66.7 Å². The van der Waals surface area contributed by atoms with Crippen molar-refractivity contribution in [2.75, 3.05) is 33.6 Å². The third-order valence-electron chi connectivity index (χ3n) is 13.6. The van der Waals surface area contributed by atoms with Gasteiger partial charge in [0, 0.05) is 41.5 Å². The molecule has 19 heteroatoms. The fraction of sp³-hybridized carbons (Fsp3) is 0.358. The molecule has 2 aliphatic carbocycles. The average molecular weight is 1150 g/mol. The maximum Gasteiger partial charge on any atom is 1.00 e. The van der Waals surface area contributed by atoms with Gasteiger partial charge in [0.15, 0.2) is 0 Å². The summed E-state index contributed by atoms with van der Waals surface area (Å²) in [4.78, 5) is 72.9. The van der Waals surface area contributed by atoms with Gasteiger partial charge in [-0.2, -0.15) is 8.42 Å². The van der Waals surface area contributed by atoms with Crippen molar-refractivity contribution in [2.24, 2.45) is 0 Å². The molecule has 2 saturated carbocycles. The Morgan fingerprint density at radius 2 is 1.00 bits per heavy atom. The first kappa shape index (κ1) is 55.4. The number of imide groups is 2. The number of carbonyl (C=O) groups excluding carboxylic acids is 6. The number of rotatable bonds is 11. The Morgan fingerprint density at radius 3 is 1.40 bits per heavy atom. The molecule has 2 fully saturated rings. The van der Waals surface area contributed by atoms with Crippen LogP contribution in [-0.2, 0) is 36.9 Å². The number of benzene rings is 4. The largest absolute Gasteiger partial charge is 1.00 e. The summed E-state index contributed by atoms with van der Waals surface area (Å²) in [6.45, 7) is 1.08. The third kappa shape index (κ3) is 11.9. The predicted molar refractivity (Wildman–Crippen MR) is 275 cm³/mol. The van der Waals surface area contributed by atoms with Crippen molar-refractivity contribution >= 4 is 99.4 Å². The molecule has 4 aromatic carbocycles. The fourth-order valence-corrected chi connectivity index (χ4v) is 12.4. The second-order valence-corrected chi connectivity index (χ2v) is 21.1. The standard InChI is InChI=1S/C26H25BrN2O4.C19H24BrNO5S.C8H5NO2.K/c1-33-26(32)17-11-12-20-21(15-17)28(23(27)22(20)16-7-3-2-4-8-16)13-14-29-24(30)18-9-5-6-10-19(18)25(29)31;1-25-19(22)14-8-9-15-16(12-14)21(10-11-26-27(2,23)24)18(20)17(15)13-6-4-3-5-7-13;10-7-5-3-1-2-4-6(5)8(11)9-7;/h5-6,9-12,15-16H,2-4,7-8,13-14H2,1H3;8-9,12-13H,3-7,10-11H2,1-2H3;1-4H,(H,9,10,11);/q;;;+1/p-1. The van der Waals surface area contributed by atoms with Gasteiger partial charge in [-0.3, -0.25) is 18.7 Å². The number of fused-ring (bicyclic) bond motifs is 4. The van der Waals surface area contributed by atoms with Crippen LogP contribution in [0.4, 0.5) is 0 Å². The second kappa shape index (κ2) is 24.4. The van der Waals surface area contributed by atoms with E-state index in [9.17, 15) is 37.2 Å². The maximum atomic E-state index is 12.8. The number of methoxy groups -OCH3 is 2. The molecule has 0 saturated heterocycles. The molecular weight excluding hydrogens is 1100 g/mol. The number of halogens is 2. The minimum absolute atomic E-state index is 0. The zero-order valence-corrected chi connectivity index (χ0v) is 47.7. The Morgan fingerprint density at radius 1 is 0.597 bits per heavy atom. The molecule has 6 aromatic rings. The van der Waals surface area contributed by atoms with E-state index in [2.05, 4.69) is 41.7 Å². The van der Waals surface area contributed by atoms with E-state index in [0.717, 1.165) is 63.0 Å². The monoisotopic (exact) mass is 1150 g/mol. The van der Waals surface area contributed by atoms with Gasteiger partial charge in [0.2, 0.25) is 0 Å². The van der Waals surface area contributed by atoms with Crippen LogP contribution in [0.15, 0.2) is 94.1 Å². The molecule has 0 radical (unpaired) electrons. The Kier molecular flexibility index (Phi) is 18.8. The molecule has 10 rings (SSSR count). The van der Waals surface area contributed by atoms with Crippen molar-refractivity contribution in [2.45, 2.75) is 89.1 Å². The molecule has 372 valence electrons. The van der Waals surface area contributed by atoms with Crippen molar-refractivity contribution < 1.29 is 102 Å². The molecule has 72 heavy (non-hydrogen) atoms. The number of carbonyl (C=O) groups is 6. The number of hydrogen-bond donors (Lipinski definition) is 0. The summed E-state index contributed by atoms with van der Waals surface area (Å²) in [6, 6.07) is 24.8. The molecule has 0 N–H and O–H groups in total. The van der Waals surface area contributed by atoms with E-state index in [1.807, 2.05) is 22.8 Å². The molecular formula is C53H53Br2KN4O11S. The molecule has 0 spiro atoms. The van der Waals surface area contributed by atoms with Crippen LogP contribution in [0.25, 0.3) is 27.1 Å². The van der Waals surface area contributed by atoms with E-state index in [0.29, 0.717) is 58.3 Å². The van der Waals surface area contributed by atoms with E-state index in [1.165, 1.54) is 68.8 Å². The zero-order chi connectivity index (χ0) is 50.6. The second-order valence-electron chi connectivity index (χ2n) is 17.9. The topological polar surface area (TPSA) is 191 Å². The minimum Gasteiger partial charge on any atom is -0.587 e. The minimum atomic E-state index is -3.50. The molecule has 0 unspecified atom stereocenters. The molecule has 2 aliphatic heterocycles. The van der Waals surface area contributed by atoms with Crippen LogP contribution in [0.5, 0.6) is 0 Å².